The molecule has 0 radical (unpaired) electrons. The van der Waals surface area contributed by atoms with Gasteiger partial charge >= 0.3 is 0 Å². The molecule has 0 spiro atoms. The lowest BCUT2D eigenvalue weighted by atomic mass is 10.1. The minimum atomic E-state index is -0.314. The number of piperidine rings is 1. The van der Waals surface area contributed by atoms with Gasteiger partial charge in [-0.15, -0.1) is 0 Å². The lowest BCUT2D eigenvalue weighted by molar-refractivity contribution is 0.0987. The van der Waals surface area contributed by atoms with Gasteiger partial charge in [-0.2, -0.15) is 0 Å². The van der Waals surface area contributed by atoms with Gasteiger partial charge in [-0.25, -0.2) is 4.98 Å². The summed E-state index contributed by atoms with van der Waals surface area (Å²) in [7, 11) is 1.58. The monoisotopic (exact) mass is 315 g/mol. The molecule has 0 unspecified atom stereocenters. The van der Waals surface area contributed by atoms with Crippen molar-refractivity contribution in [1.29, 1.82) is 0 Å². The number of methoxy groups -OCH3 is 1. The van der Waals surface area contributed by atoms with E-state index < -0.39 is 0 Å². The Morgan fingerprint density at radius 1 is 1.26 bits per heavy atom. The Kier molecular flexibility index (Phi) is 4.92. The lowest BCUT2D eigenvalue weighted by Gasteiger charge is -2.28. The quantitative estimate of drug-likeness (QED) is 0.918. The SMILES string of the molecule is COCc1ccc(C(=O)Nc2ccc(N3CCCCC3)cn2)o1. The molecule has 0 aromatic carbocycles. The van der Waals surface area contributed by atoms with Crippen molar-refractivity contribution in [3.63, 3.8) is 0 Å². The molecule has 3 heterocycles. The Labute approximate surface area is 135 Å². The van der Waals surface area contributed by atoms with Crippen LogP contribution in [0.2, 0.25) is 0 Å². The summed E-state index contributed by atoms with van der Waals surface area (Å²) in [4.78, 5) is 18.8. The lowest BCUT2D eigenvalue weighted by Crippen LogP contribution is -2.29. The first-order valence-corrected chi connectivity index (χ1v) is 7.86. The van der Waals surface area contributed by atoms with Crippen LogP contribution in [-0.2, 0) is 11.3 Å². The van der Waals surface area contributed by atoms with Crippen LogP contribution in [-0.4, -0.2) is 31.1 Å². The molecule has 0 bridgehead atoms. The molecule has 3 rings (SSSR count). The third-order valence-corrected chi connectivity index (χ3v) is 3.88. The predicted molar refractivity (Wildman–Crippen MR) is 87.7 cm³/mol. The van der Waals surface area contributed by atoms with Gasteiger partial charge in [-0.05, 0) is 43.5 Å². The first-order valence-electron chi connectivity index (χ1n) is 7.86. The number of ether oxygens (including phenoxy) is 1. The fraction of sp³-hybridized carbons (Fsp3) is 0.412. The molecule has 0 aliphatic carbocycles. The van der Waals surface area contributed by atoms with Gasteiger partial charge in [0.15, 0.2) is 5.76 Å². The Bertz CT molecular complexity index is 645. The summed E-state index contributed by atoms with van der Waals surface area (Å²) in [6.45, 7) is 2.49. The van der Waals surface area contributed by atoms with E-state index >= 15 is 0 Å². The standard InChI is InChI=1S/C17H21N3O3/c1-22-12-14-6-7-15(23-14)17(21)19-16-8-5-13(11-18-16)20-9-3-2-4-10-20/h5-8,11H,2-4,9-10,12H2,1H3,(H,18,19,21). The third kappa shape index (κ3) is 3.90. The van der Waals surface area contributed by atoms with Gasteiger partial charge in [0, 0.05) is 20.2 Å². The first-order chi connectivity index (χ1) is 11.3. The van der Waals surface area contributed by atoms with Crippen LogP contribution in [0.5, 0.6) is 0 Å². The minimum absolute atomic E-state index is 0.249. The number of carbonyl (C=O) groups is 1. The summed E-state index contributed by atoms with van der Waals surface area (Å²) in [6.07, 6.45) is 5.55. The van der Waals surface area contributed by atoms with Gasteiger partial charge in [0.25, 0.3) is 5.91 Å². The normalized spacial score (nSPS) is 14.7. The van der Waals surface area contributed by atoms with Crippen molar-refractivity contribution in [1.82, 2.24) is 4.98 Å². The number of nitrogens with zero attached hydrogens (tertiary/aromatic N) is 2. The molecule has 0 atom stereocenters. The maximum Gasteiger partial charge on any atom is 0.292 e. The highest BCUT2D eigenvalue weighted by atomic mass is 16.5. The van der Waals surface area contributed by atoms with Gasteiger partial charge in [0.05, 0.1) is 11.9 Å². The molecule has 1 amide bonds. The van der Waals surface area contributed by atoms with E-state index in [4.69, 9.17) is 9.15 Å². The average molecular weight is 315 g/mol. The van der Waals surface area contributed by atoms with Crippen molar-refractivity contribution >= 4 is 17.4 Å². The van der Waals surface area contributed by atoms with Gasteiger partial charge in [-0.1, -0.05) is 0 Å². The number of carbonyl (C=O) groups excluding carboxylic acids is 1. The zero-order valence-electron chi connectivity index (χ0n) is 13.2. The molecule has 6 nitrogen and oxygen atoms in total. The van der Waals surface area contributed by atoms with Crippen LogP contribution >= 0.6 is 0 Å². The second-order valence-corrected chi connectivity index (χ2v) is 5.60. The van der Waals surface area contributed by atoms with Crippen LogP contribution in [0.15, 0.2) is 34.9 Å². The number of hydrogen-bond acceptors (Lipinski definition) is 5. The summed E-state index contributed by atoms with van der Waals surface area (Å²) in [6, 6.07) is 7.17. The molecule has 1 aliphatic rings. The molecule has 1 N–H and O–H groups in total. The van der Waals surface area contributed by atoms with Crippen LogP contribution in [0.1, 0.15) is 35.6 Å². The maximum absolute atomic E-state index is 12.1. The molecule has 23 heavy (non-hydrogen) atoms. The van der Waals surface area contributed by atoms with Gasteiger partial charge in [0.2, 0.25) is 0 Å². The fourth-order valence-electron chi connectivity index (χ4n) is 2.70. The van der Waals surface area contributed by atoms with E-state index in [0.29, 0.717) is 18.2 Å². The van der Waals surface area contributed by atoms with E-state index in [0.717, 1.165) is 18.8 Å². The number of pyridine rings is 1. The molecular weight excluding hydrogens is 294 g/mol. The van der Waals surface area contributed by atoms with E-state index in [-0.39, 0.29) is 11.7 Å². The third-order valence-electron chi connectivity index (χ3n) is 3.88. The summed E-state index contributed by atoms with van der Waals surface area (Å²) in [5.74, 6) is 1.07. The molecule has 1 saturated heterocycles. The van der Waals surface area contributed by atoms with Crippen LogP contribution in [0.3, 0.4) is 0 Å². The van der Waals surface area contributed by atoms with Crippen LogP contribution in [0, 0.1) is 0 Å². The van der Waals surface area contributed by atoms with Crippen molar-refractivity contribution in [2.75, 3.05) is 30.4 Å². The average Bonchev–Trinajstić information content (AvgIpc) is 3.06. The van der Waals surface area contributed by atoms with Gasteiger partial charge < -0.3 is 19.4 Å². The number of anilines is 2. The van der Waals surface area contributed by atoms with E-state index in [1.807, 2.05) is 12.1 Å². The molecule has 0 saturated carbocycles. The number of hydrogen-bond donors (Lipinski definition) is 1. The number of furan rings is 1. The highest BCUT2D eigenvalue weighted by Crippen LogP contribution is 2.20. The topological polar surface area (TPSA) is 67.6 Å². The largest absolute Gasteiger partial charge is 0.453 e. The Balaban J connectivity index is 1.61. The zero-order valence-corrected chi connectivity index (χ0v) is 13.2. The molecular formula is C17H21N3O3. The predicted octanol–water partition coefficient (Wildman–Crippen LogP) is 3.06. The highest BCUT2D eigenvalue weighted by molar-refractivity contribution is 6.01. The van der Waals surface area contributed by atoms with E-state index in [9.17, 15) is 4.79 Å². The van der Waals surface area contributed by atoms with Gasteiger partial charge in [-0.3, -0.25) is 4.79 Å². The zero-order chi connectivity index (χ0) is 16.1. The fourth-order valence-corrected chi connectivity index (χ4v) is 2.70. The molecule has 122 valence electrons. The van der Waals surface area contributed by atoms with Crippen LogP contribution < -0.4 is 10.2 Å². The molecule has 1 aliphatic heterocycles. The number of nitrogens with one attached hydrogen (secondary N) is 1. The maximum atomic E-state index is 12.1. The van der Waals surface area contributed by atoms with Gasteiger partial charge in [0.1, 0.15) is 18.2 Å². The van der Waals surface area contributed by atoms with Crippen LogP contribution in [0.4, 0.5) is 11.5 Å². The van der Waals surface area contributed by atoms with E-state index in [1.54, 1.807) is 25.4 Å². The highest BCUT2D eigenvalue weighted by Gasteiger charge is 2.14. The van der Waals surface area contributed by atoms with Crippen molar-refractivity contribution in [3.8, 4) is 0 Å². The molecule has 6 heteroatoms. The van der Waals surface area contributed by atoms with E-state index in [2.05, 4.69) is 15.2 Å². The molecule has 1 fully saturated rings. The van der Waals surface area contributed by atoms with Crippen molar-refractivity contribution in [2.24, 2.45) is 0 Å². The van der Waals surface area contributed by atoms with Crippen molar-refractivity contribution in [2.45, 2.75) is 25.9 Å². The second kappa shape index (κ2) is 7.28. The Hall–Kier alpha value is -2.34. The first kappa shape index (κ1) is 15.6. The van der Waals surface area contributed by atoms with E-state index in [1.165, 1.54) is 19.3 Å². The number of rotatable bonds is 5. The van der Waals surface area contributed by atoms with Crippen LogP contribution in [0.25, 0.3) is 0 Å². The Morgan fingerprint density at radius 3 is 2.78 bits per heavy atom. The van der Waals surface area contributed by atoms with Crippen molar-refractivity contribution in [3.05, 3.63) is 42.0 Å². The summed E-state index contributed by atoms with van der Waals surface area (Å²) in [5.41, 5.74) is 1.10. The van der Waals surface area contributed by atoms with Crippen molar-refractivity contribution < 1.29 is 13.9 Å². The summed E-state index contributed by atoms with van der Waals surface area (Å²) < 4.78 is 10.4. The number of amides is 1. The summed E-state index contributed by atoms with van der Waals surface area (Å²) >= 11 is 0. The molecule has 2 aromatic heterocycles. The molecule has 2 aromatic rings. The summed E-state index contributed by atoms with van der Waals surface area (Å²) in [5, 5.41) is 2.74. The smallest absolute Gasteiger partial charge is 0.292 e. The minimum Gasteiger partial charge on any atom is -0.453 e. The second-order valence-electron chi connectivity index (χ2n) is 5.60. The number of aromatic nitrogens is 1. The Morgan fingerprint density at radius 2 is 2.09 bits per heavy atom.